The van der Waals surface area contributed by atoms with Gasteiger partial charge in [-0.15, -0.1) is 0 Å². The fraction of sp³-hybridized carbons (Fsp3) is 0.333. The standard InChI is InChI=1S/C24H28FN3O2/c1-16(2)27(5)24-21(22(26-30-24)18-9-7-6-8-10-18)15-28(17(3)4)23(29)19-11-13-20(25)14-12-19/h6-14,16-17H,15H2,1-5H3. The quantitative estimate of drug-likeness (QED) is 0.526. The number of carbonyl (C=O) groups is 1. The van der Waals surface area contributed by atoms with Crippen molar-refractivity contribution in [2.75, 3.05) is 11.9 Å². The van der Waals surface area contributed by atoms with Gasteiger partial charge in [0.25, 0.3) is 5.91 Å². The molecule has 3 aromatic rings. The number of aromatic nitrogens is 1. The summed E-state index contributed by atoms with van der Waals surface area (Å²) >= 11 is 0. The van der Waals surface area contributed by atoms with Crippen molar-refractivity contribution in [2.45, 2.75) is 46.3 Å². The van der Waals surface area contributed by atoms with Crippen LogP contribution >= 0.6 is 0 Å². The van der Waals surface area contributed by atoms with Gasteiger partial charge >= 0.3 is 0 Å². The summed E-state index contributed by atoms with van der Waals surface area (Å²) < 4.78 is 19.1. The lowest BCUT2D eigenvalue weighted by molar-refractivity contribution is 0.0690. The Morgan fingerprint density at radius 1 is 1.00 bits per heavy atom. The maximum Gasteiger partial charge on any atom is 0.254 e. The van der Waals surface area contributed by atoms with Crippen molar-refractivity contribution in [1.82, 2.24) is 10.1 Å². The first-order valence-corrected chi connectivity index (χ1v) is 10.1. The van der Waals surface area contributed by atoms with E-state index in [0.29, 0.717) is 18.0 Å². The van der Waals surface area contributed by atoms with Gasteiger partial charge in [-0.1, -0.05) is 35.5 Å². The number of hydrogen-bond donors (Lipinski definition) is 0. The highest BCUT2D eigenvalue weighted by Gasteiger charge is 2.27. The highest BCUT2D eigenvalue weighted by atomic mass is 19.1. The Bertz CT molecular complexity index is 981. The molecule has 1 heterocycles. The minimum Gasteiger partial charge on any atom is -0.341 e. The zero-order valence-corrected chi connectivity index (χ0v) is 18.1. The molecular weight excluding hydrogens is 381 g/mol. The van der Waals surface area contributed by atoms with Gasteiger partial charge in [0.05, 0.1) is 12.1 Å². The van der Waals surface area contributed by atoms with E-state index in [0.717, 1.165) is 16.8 Å². The van der Waals surface area contributed by atoms with Crippen LogP contribution in [0.2, 0.25) is 0 Å². The van der Waals surface area contributed by atoms with Crippen LogP contribution in [0.15, 0.2) is 59.1 Å². The van der Waals surface area contributed by atoms with Crippen molar-refractivity contribution in [3.63, 3.8) is 0 Å². The summed E-state index contributed by atoms with van der Waals surface area (Å²) in [5.41, 5.74) is 2.94. The van der Waals surface area contributed by atoms with Gasteiger partial charge < -0.3 is 14.3 Å². The first kappa shape index (κ1) is 21.6. The van der Waals surface area contributed by atoms with Crippen LogP contribution in [0.4, 0.5) is 10.3 Å². The van der Waals surface area contributed by atoms with Crippen molar-refractivity contribution in [1.29, 1.82) is 0 Å². The van der Waals surface area contributed by atoms with Crippen LogP contribution < -0.4 is 4.90 Å². The van der Waals surface area contributed by atoms with Gasteiger partial charge in [-0.05, 0) is 52.0 Å². The zero-order valence-electron chi connectivity index (χ0n) is 18.1. The number of amides is 1. The van der Waals surface area contributed by atoms with Crippen molar-refractivity contribution >= 4 is 11.8 Å². The molecule has 0 unspecified atom stereocenters. The molecule has 0 atom stereocenters. The van der Waals surface area contributed by atoms with Crippen LogP contribution in [0.1, 0.15) is 43.6 Å². The molecule has 0 fully saturated rings. The fourth-order valence-electron chi connectivity index (χ4n) is 3.20. The Hall–Kier alpha value is -3.15. The summed E-state index contributed by atoms with van der Waals surface area (Å²) in [5.74, 6) is 0.110. The molecule has 2 aromatic carbocycles. The van der Waals surface area contributed by atoms with Gasteiger partial charge in [0, 0.05) is 30.3 Å². The van der Waals surface area contributed by atoms with Gasteiger partial charge in [-0.2, -0.15) is 0 Å². The Morgan fingerprint density at radius 3 is 2.20 bits per heavy atom. The van der Waals surface area contributed by atoms with Crippen molar-refractivity contribution < 1.29 is 13.7 Å². The molecular formula is C24H28FN3O2. The molecule has 0 saturated heterocycles. The van der Waals surface area contributed by atoms with E-state index in [9.17, 15) is 9.18 Å². The molecule has 3 rings (SSSR count). The van der Waals surface area contributed by atoms with Crippen molar-refractivity contribution in [2.24, 2.45) is 0 Å². The zero-order chi connectivity index (χ0) is 21.8. The summed E-state index contributed by atoms with van der Waals surface area (Å²) in [6.45, 7) is 8.39. The van der Waals surface area contributed by atoms with E-state index in [1.165, 1.54) is 24.3 Å². The van der Waals surface area contributed by atoms with Crippen LogP contribution in [-0.4, -0.2) is 35.1 Å². The summed E-state index contributed by atoms with van der Waals surface area (Å²) in [6.07, 6.45) is 0. The minimum atomic E-state index is -0.367. The van der Waals surface area contributed by atoms with E-state index in [-0.39, 0.29) is 23.8 Å². The van der Waals surface area contributed by atoms with Crippen LogP contribution in [0.3, 0.4) is 0 Å². The summed E-state index contributed by atoms with van der Waals surface area (Å²) in [4.78, 5) is 17.0. The lowest BCUT2D eigenvalue weighted by Crippen LogP contribution is -2.37. The summed E-state index contributed by atoms with van der Waals surface area (Å²) in [6, 6.07) is 15.6. The lowest BCUT2D eigenvalue weighted by atomic mass is 10.1. The van der Waals surface area contributed by atoms with E-state index < -0.39 is 0 Å². The molecule has 0 spiro atoms. The van der Waals surface area contributed by atoms with E-state index in [2.05, 4.69) is 19.0 Å². The second kappa shape index (κ2) is 9.11. The normalized spacial score (nSPS) is 11.2. The van der Waals surface area contributed by atoms with Gasteiger partial charge in [0.15, 0.2) is 0 Å². The van der Waals surface area contributed by atoms with E-state index in [1.54, 1.807) is 4.90 Å². The maximum atomic E-state index is 13.3. The Kier molecular flexibility index (Phi) is 6.55. The number of halogens is 1. The third-order valence-corrected chi connectivity index (χ3v) is 5.21. The molecule has 30 heavy (non-hydrogen) atoms. The third kappa shape index (κ3) is 4.53. The Labute approximate surface area is 177 Å². The smallest absolute Gasteiger partial charge is 0.254 e. The number of rotatable bonds is 7. The van der Waals surface area contributed by atoms with Crippen LogP contribution in [0.25, 0.3) is 11.3 Å². The van der Waals surface area contributed by atoms with Gasteiger partial charge in [0.1, 0.15) is 11.5 Å². The molecule has 0 saturated carbocycles. The molecule has 0 aliphatic heterocycles. The van der Waals surface area contributed by atoms with Crippen LogP contribution in [0.5, 0.6) is 0 Å². The van der Waals surface area contributed by atoms with Gasteiger partial charge in [-0.25, -0.2) is 4.39 Å². The summed E-state index contributed by atoms with van der Waals surface area (Å²) in [5, 5.41) is 4.34. The molecule has 158 valence electrons. The predicted molar refractivity (Wildman–Crippen MR) is 117 cm³/mol. The lowest BCUT2D eigenvalue weighted by Gasteiger charge is -2.28. The number of carbonyl (C=O) groups excluding carboxylic acids is 1. The Morgan fingerprint density at radius 2 is 1.63 bits per heavy atom. The fourth-order valence-corrected chi connectivity index (χ4v) is 3.20. The SMILES string of the molecule is CC(C)N(Cc1c(-c2ccccc2)noc1N(C)C(C)C)C(=O)c1ccc(F)cc1. The van der Waals surface area contributed by atoms with Crippen LogP contribution in [-0.2, 0) is 6.54 Å². The van der Waals surface area contributed by atoms with Gasteiger partial charge in [0.2, 0.25) is 5.88 Å². The number of nitrogens with zero attached hydrogens (tertiary/aromatic N) is 3. The molecule has 1 aromatic heterocycles. The monoisotopic (exact) mass is 409 g/mol. The highest BCUT2D eigenvalue weighted by Crippen LogP contribution is 2.33. The van der Waals surface area contributed by atoms with Crippen molar-refractivity contribution in [3.8, 4) is 11.3 Å². The molecule has 0 radical (unpaired) electrons. The number of hydrogen-bond acceptors (Lipinski definition) is 4. The largest absolute Gasteiger partial charge is 0.341 e. The minimum absolute atomic E-state index is 0.0710. The third-order valence-electron chi connectivity index (χ3n) is 5.21. The molecule has 0 aliphatic rings. The molecule has 5 nitrogen and oxygen atoms in total. The molecule has 0 aliphatic carbocycles. The average molecular weight is 410 g/mol. The highest BCUT2D eigenvalue weighted by molar-refractivity contribution is 5.94. The van der Waals surface area contributed by atoms with Crippen LogP contribution in [0, 0.1) is 5.82 Å². The van der Waals surface area contributed by atoms with Gasteiger partial charge in [-0.3, -0.25) is 4.79 Å². The molecule has 1 amide bonds. The topological polar surface area (TPSA) is 49.6 Å². The molecule has 6 heteroatoms. The maximum absolute atomic E-state index is 13.3. The predicted octanol–water partition coefficient (Wildman–Crippen LogP) is 5.38. The van der Waals surface area contributed by atoms with E-state index >= 15 is 0 Å². The first-order chi connectivity index (χ1) is 14.3. The Balaban J connectivity index is 2.04. The summed E-state index contributed by atoms with van der Waals surface area (Å²) in [7, 11) is 1.95. The van der Waals surface area contributed by atoms with E-state index in [4.69, 9.17) is 4.52 Å². The average Bonchev–Trinajstić information content (AvgIpc) is 3.15. The first-order valence-electron chi connectivity index (χ1n) is 10.1. The van der Waals surface area contributed by atoms with E-state index in [1.807, 2.05) is 56.1 Å². The second-order valence-corrected chi connectivity index (χ2v) is 7.92. The second-order valence-electron chi connectivity index (χ2n) is 7.92. The molecule has 0 N–H and O–H groups in total. The number of anilines is 1. The van der Waals surface area contributed by atoms with Crippen molar-refractivity contribution in [3.05, 3.63) is 71.5 Å². The molecule has 0 bridgehead atoms. The number of benzene rings is 2.